The van der Waals surface area contributed by atoms with E-state index in [-0.39, 0.29) is 18.4 Å². The molecule has 3 heteroatoms. The van der Waals surface area contributed by atoms with Gasteiger partial charge in [0.05, 0.1) is 6.61 Å². The average Bonchev–Trinajstić information content (AvgIpc) is 2.25. The van der Waals surface area contributed by atoms with E-state index in [1.54, 1.807) is 0 Å². The Balaban J connectivity index is 0.00000225. The van der Waals surface area contributed by atoms with Crippen molar-refractivity contribution in [3.05, 3.63) is 29.8 Å². The summed E-state index contributed by atoms with van der Waals surface area (Å²) in [5.41, 5.74) is 7.24. The second-order valence-corrected chi connectivity index (χ2v) is 4.16. The minimum atomic E-state index is 0. The van der Waals surface area contributed by atoms with E-state index in [0.717, 1.165) is 24.3 Å². The molecule has 2 nitrogen and oxygen atoms in total. The van der Waals surface area contributed by atoms with Gasteiger partial charge in [0, 0.05) is 11.6 Å². The number of benzene rings is 1. The molecule has 1 rings (SSSR count). The van der Waals surface area contributed by atoms with Gasteiger partial charge in [-0.25, -0.2) is 0 Å². The van der Waals surface area contributed by atoms with Gasteiger partial charge in [0.15, 0.2) is 0 Å². The Morgan fingerprint density at radius 2 is 1.88 bits per heavy atom. The molecule has 2 N–H and O–H groups in total. The Labute approximate surface area is 105 Å². The molecule has 0 unspecified atom stereocenters. The summed E-state index contributed by atoms with van der Waals surface area (Å²) in [4.78, 5) is 0. The fraction of sp³-hybridized carbons (Fsp3) is 0.538. The SMILES string of the molecule is CCCOc1ccccc1[C@H](N)C(C)C.Cl. The number of para-hydroxylation sites is 1. The van der Waals surface area contributed by atoms with Gasteiger partial charge in [-0.1, -0.05) is 39.0 Å². The van der Waals surface area contributed by atoms with Gasteiger partial charge < -0.3 is 10.5 Å². The lowest BCUT2D eigenvalue weighted by molar-refractivity contribution is 0.309. The van der Waals surface area contributed by atoms with Crippen molar-refractivity contribution >= 4 is 12.4 Å². The lowest BCUT2D eigenvalue weighted by Crippen LogP contribution is -2.17. The first-order valence-corrected chi connectivity index (χ1v) is 5.64. The maximum Gasteiger partial charge on any atom is 0.124 e. The van der Waals surface area contributed by atoms with Crippen LogP contribution in [0.15, 0.2) is 24.3 Å². The summed E-state index contributed by atoms with van der Waals surface area (Å²) in [5.74, 6) is 1.36. The molecular weight excluding hydrogens is 222 g/mol. The minimum absolute atomic E-state index is 0. The highest BCUT2D eigenvalue weighted by atomic mass is 35.5. The van der Waals surface area contributed by atoms with Gasteiger partial charge in [0.1, 0.15) is 5.75 Å². The van der Waals surface area contributed by atoms with E-state index in [1.807, 2.05) is 18.2 Å². The highest BCUT2D eigenvalue weighted by Gasteiger charge is 2.14. The van der Waals surface area contributed by atoms with Crippen LogP contribution in [0, 0.1) is 5.92 Å². The normalized spacial score (nSPS) is 12.1. The second-order valence-electron chi connectivity index (χ2n) is 4.16. The monoisotopic (exact) mass is 243 g/mol. The minimum Gasteiger partial charge on any atom is -0.493 e. The fourth-order valence-corrected chi connectivity index (χ4v) is 1.46. The number of ether oxygens (including phenoxy) is 1. The van der Waals surface area contributed by atoms with Gasteiger partial charge in [0.25, 0.3) is 0 Å². The smallest absolute Gasteiger partial charge is 0.124 e. The molecular formula is C13H22ClNO. The third-order valence-electron chi connectivity index (χ3n) is 2.46. The summed E-state index contributed by atoms with van der Waals surface area (Å²) in [5, 5.41) is 0. The van der Waals surface area contributed by atoms with Crippen LogP contribution in [0.3, 0.4) is 0 Å². The summed E-state index contributed by atoms with van der Waals surface area (Å²) in [6.07, 6.45) is 1.02. The number of halogens is 1. The predicted molar refractivity (Wildman–Crippen MR) is 71.2 cm³/mol. The standard InChI is InChI=1S/C13H21NO.ClH/c1-4-9-15-12-8-6-5-7-11(12)13(14)10(2)3;/h5-8,10,13H,4,9,14H2,1-3H3;1H/t13-;/m1./s1. The van der Waals surface area contributed by atoms with Crippen LogP contribution in [0.5, 0.6) is 5.75 Å². The number of rotatable bonds is 5. The zero-order valence-corrected chi connectivity index (χ0v) is 11.1. The van der Waals surface area contributed by atoms with Crippen molar-refractivity contribution in [2.24, 2.45) is 11.7 Å². The van der Waals surface area contributed by atoms with E-state index in [2.05, 4.69) is 26.8 Å². The Bertz CT molecular complexity index is 302. The molecule has 16 heavy (non-hydrogen) atoms. The molecule has 0 aliphatic heterocycles. The molecule has 1 aromatic carbocycles. The van der Waals surface area contributed by atoms with Crippen molar-refractivity contribution in [1.29, 1.82) is 0 Å². The van der Waals surface area contributed by atoms with Crippen LogP contribution in [-0.2, 0) is 0 Å². The van der Waals surface area contributed by atoms with Crippen LogP contribution in [0.2, 0.25) is 0 Å². The van der Waals surface area contributed by atoms with Gasteiger partial charge in [-0.05, 0) is 18.4 Å². The molecule has 0 aromatic heterocycles. The van der Waals surface area contributed by atoms with E-state index >= 15 is 0 Å². The third kappa shape index (κ3) is 4.03. The van der Waals surface area contributed by atoms with E-state index in [1.165, 1.54) is 0 Å². The Morgan fingerprint density at radius 1 is 1.25 bits per heavy atom. The average molecular weight is 244 g/mol. The molecule has 0 fully saturated rings. The molecule has 0 amide bonds. The second kappa shape index (κ2) is 7.53. The molecule has 1 atom stereocenters. The first-order valence-electron chi connectivity index (χ1n) is 5.64. The molecule has 0 spiro atoms. The first kappa shape index (κ1) is 15.3. The van der Waals surface area contributed by atoms with Crippen molar-refractivity contribution in [3.63, 3.8) is 0 Å². The summed E-state index contributed by atoms with van der Waals surface area (Å²) in [6, 6.07) is 8.10. The maximum atomic E-state index is 6.13. The molecule has 0 aliphatic rings. The number of hydrogen-bond acceptors (Lipinski definition) is 2. The largest absolute Gasteiger partial charge is 0.493 e. The van der Waals surface area contributed by atoms with Gasteiger partial charge in [-0.15, -0.1) is 12.4 Å². The van der Waals surface area contributed by atoms with Crippen LogP contribution >= 0.6 is 12.4 Å². The van der Waals surface area contributed by atoms with Crippen LogP contribution in [0.1, 0.15) is 38.8 Å². The van der Waals surface area contributed by atoms with Crippen LogP contribution in [0.25, 0.3) is 0 Å². The van der Waals surface area contributed by atoms with Crippen molar-refractivity contribution in [2.45, 2.75) is 33.2 Å². The summed E-state index contributed by atoms with van der Waals surface area (Å²) >= 11 is 0. The maximum absolute atomic E-state index is 6.13. The van der Waals surface area contributed by atoms with Crippen molar-refractivity contribution < 1.29 is 4.74 Å². The molecule has 0 aliphatic carbocycles. The lowest BCUT2D eigenvalue weighted by atomic mass is 9.96. The molecule has 1 aromatic rings. The summed E-state index contributed by atoms with van der Waals surface area (Å²) < 4.78 is 5.68. The van der Waals surface area contributed by atoms with Gasteiger partial charge in [-0.3, -0.25) is 0 Å². The first-order chi connectivity index (χ1) is 7.16. The predicted octanol–water partition coefficient (Wildman–Crippen LogP) is 3.55. The van der Waals surface area contributed by atoms with Crippen LogP contribution < -0.4 is 10.5 Å². The Morgan fingerprint density at radius 3 is 2.44 bits per heavy atom. The van der Waals surface area contributed by atoms with Gasteiger partial charge >= 0.3 is 0 Å². The zero-order valence-electron chi connectivity index (χ0n) is 10.3. The van der Waals surface area contributed by atoms with E-state index in [0.29, 0.717) is 5.92 Å². The number of hydrogen-bond donors (Lipinski definition) is 1. The van der Waals surface area contributed by atoms with Crippen LogP contribution in [-0.4, -0.2) is 6.61 Å². The van der Waals surface area contributed by atoms with E-state index in [9.17, 15) is 0 Å². The quantitative estimate of drug-likeness (QED) is 0.859. The van der Waals surface area contributed by atoms with Crippen LogP contribution in [0.4, 0.5) is 0 Å². The third-order valence-corrected chi connectivity index (χ3v) is 2.46. The fourth-order valence-electron chi connectivity index (χ4n) is 1.46. The van der Waals surface area contributed by atoms with E-state index < -0.39 is 0 Å². The Kier molecular flexibility index (Phi) is 7.18. The zero-order chi connectivity index (χ0) is 11.3. The highest BCUT2D eigenvalue weighted by Crippen LogP contribution is 2.27. The topological polar surface area (TPSA) is 35.2 Å². The van der Waals surface area contributed by atoms with E-state index in [4.69, 9.17) is 10.5 Å². The molecule has 0 radical (unpaired) electrons. The summed E-state index contributed by atoms with van der Waals surface area (Å²) in [6.45, 7) is 7.11. The molecule has 0 saturated heterocycles. The molecule has 0 bridgehead atoms. The van der Waals surface area contributed by atoms with Crippen molar-refractivity contribution in [1.82, 2.24) is 0 Å². The Hall–Kier alpha value is -0.730. The van der Waals surface area contributed by atoms with Crippen molar-refractivity contribution in [2.75, 3.05) is 6.61 Å². The number of nitrogens with two attached hydrogens (primary N) is 1. The molecule has 0 heterocycles. The molecule has 0 saturated carbocycles. The van der Waals surface area contributed by atoms with Gasteiger partial charge in [0.2, 0.25) is 0 Å². The van der Waals surface area contributed by atoms with Gasteiger partial charge in [-0.2, -0.15) is 0 Å². The highest BCUT2D eigenvalue weighted by molar-refractivity contribution is 5.85. The lowest BCUT2D eigenvalue weighted by Gasteiger charge is -2.19. The van der Waals surface area contributed by atoms with Crippen molar-refractivity contribution in [3.8, 4) is 5.75 Å². The summed E-state index contributed by atoms with van der Waals surface area (Å²) in [7, 11) is 0. The molecule has 92 valence electrons.